The SMILES string of the molecule is COC(=O)c1nnn(C2CCCOC2)c1-c1ccncc1. The van der Waals surface area contributed by atoms with Gasteiger partial charge < -0.3 is 9.47 Å². The standard InChI is InChI=1S/C14H16N4O3/c1-20-14(19)12-13(10-4-6-15-7-5-10)18(17-16-12)11-3-2-8-21-9-11/h4-7,11H,2-3,8-9H2,1H3. The van der Waals surface area contributed by atoms with Crippen LogP contribution in [0.5, 0.6) is 0 Å². The second-order valence-electron chi connectivity index (χ2n) is 4.83. The molecule has 0 aromatic carbocycles. The molecule has 3 rings (SSSR count). The summed E-state index contributed by atoms with van der Waals surface area (Å²) in [5.74, 6) is -0.496. The number of pyridine rings is 1. The van der Waals surface area contributed by atoms with E-state index in [-0.39, 0.29) is 11.7 Å². The van der Waals surface area contributed by atoms with Gasteiger partial charge in [-0.2, -0.15) is 0 Å². The maximum absolute atomic E-state index is 11.9. The van der Waals surface area contributed by atoms with Gasteiger partial charge in [-0.3, -0.25) is 4.98 Å². The van der Waals surface area contributed by atoms with Gasteiger partial charge in [0, 0.05) is 24.6 Å². The summed E-state index contributed by atoms with van der Waals surface area (Å²) in [6.07, 6.45) is 5.26. The lowest BCUT2D eigenvalue weighted by atomic mass is 10.1. The maximum atomic E-state index is 11.9. The molecule has 0 saturated carbocycles. The van der Waals surface area contributed by atoms with E-state index in [1.807, 2.05) is 12.1 Å². The summed E-state index contributed by atoms with van der Waals surface area (Å²) in [6, 6.07) is 3.73. The van der Waals surface area contributed by atoms with Gasteiger partial charge in [0.15, 0.2) is 5.69 Å². The molecule has 2 aromatic rings. The van der Waals surface area contributed by atoms with Gasteiger partial charge in [0.05, 0.1) is 19.8 Å². The normalized spacial score (nSPS) is 18.4. The van der Waals surface area contributed by atoms with Crippen LogP contribution in [0.2, 0.25) is 0 Å². The van der Waals surface area contributed by atoms with E-state index in [2.05, 4.69) is 15.3 Å². The molecule has 3 heterocycles. The van der Waals surface area contributed by atoms with Crippen LogP contribution in [-0.4, -0.2) is 46.3 Å². The number of hydrogen-bond acceptors (Lipinski definition) is 6. The molecule has 0 aliphatic carbocycles. The first-order valence-electron chi connectivity index (χ1n) is 6.83. The van der Waals surface area contributed by atoms with Crippen LogP contribution in [0.3, 0.4) is 0 Å². The van der Waals surface area contributed by atoms with Crippen LogP contribution in [0.1, 0.15) is 29.4 Å². The molecule has 0 spiro atoms. The van der Waals surface area contributed by atoms with Crippen LogP contribution < -0.4 is 0 Å². The van der Waals surface area contributed by atoms with Crippen molar-refractivity contribution in [2.75, 3.05) is 20.3 Å². The Labute approximate surface area is 121 Å². The van der Waals surface area contributed by atoms with Crippen molar-refractivity contribution in [3.05, 3.63) is 30.2 Å². The average molecular weight is 288 g/mol. The lowest BCUT2D eigenvalue weighted by Crippen LogP contribution is -2.23. The fourth-order valence-corrected chi connectivity index (χ4v) is 2.48. The lowest BCUT2D eigenvalue weighted by molar-refractivity contribution is 0.0547. The monoisotopic (exact) mass is 288 g/mol. The van der Waals surface area contributed by atoms with Gasteiger partial charge in [-0.1, -0.05) is 5.21 Å². The van der Waals surface area contributed by atoms with Crippen molar-refractivity contribution in [1.82, 2.24) is 20.0 Å². The summed E-state index contributed by atoms with van der Waals surface area (Å²) >= 11 is 0. The van der Waals surface area contributed by atoms with Crippen molar-refractivity contribution in [1.29, 1.82) is 0 Å². The summed E-state index contributed by atoms with van der Waals surface area (Å²) in [7, 11) is 1.33. The Morgan fingerprint density at radius 1 is 1.43 bits per heavy atom. The maximum Gasteiger partial charge on any atom is 0.360 e. The number of aromatic nitrogens is 4. The van der Waals surface area contributed by atoms with Crippen molar-refractivity contribution in [2.45, 2.75) is 18.9 Å². The molecule has 1 unspecified atom stereocenters. The van der Waals surface area contributed by atoms with Crippen LogP contribution in [-0.2, 0) is 9.47 Å². The minimum absolute atomic E-state index is 0.0767. The van der Waals surface area contributed by atoms with Crippen LogP contribution in [0.15, 0.2) is 24.5 Å². The highest BCUT2D eigenvalue weighted by atomic mass is 16.5. The third-order valence-electron chi connectivity index (χ3n) is 3.51. The van der Waals surface area contributed by atoms with E-state index >= 15 is 0 Å². The van der Waals surface area contributed by atoms with E-state index < -0.39 is 5.97 Å². The second-order valence-corrected chi connectivity index (χ2v) is 4.83. The molecule has 1 aliphatic heterocycles. The quantitative estimate of drug-likeness (QED) is 0.796. The smallest absolute Gasteiger partial charge is 0.360 e. The summed E-state index contributed by atoms with van der Waals surface area (Å²) < 4.78 is 12.1. The van der Waals surface area contributed by atoms with Crippen LogP contribution in [0, 0.1) is 0 Å². The predicted molar refractivity (Wildman–Crippen MR) is 73.7 cm³/mol. The molecule has 1 aliphatic rings. The zero-order valence-corrected chi connectivity index (χ0v) is 11.7. The Morgan fingerprint density at radius 3 is 2.90 bits per heavy atom. The van der Waals surface area contributed by atoms with Gasteiger partial charge >= 0.3 is 5.97 Å². The zero-order chi connectivity index (χ0) is 14.7. The van der Waals surface area contributed by atoms with E-state index in [1.165, 1.54) is 7.11 Å². The van der Waals surface area contributed by atoms with E-state index in [0.29, 0.717) is 12.3 Å². The van der Waals surface area contributed by atoms with E-state index in [9.17, 15) is 4.79 Å². The number of nitrogens with zero attached hydrogens (tertiary/aromatic N) is 4. The van der Waals surface area contributed by atoms with Gasteiger partial charge in [0.1, 0.15) is 5.69 Å². The highest BCUT2D eigenvalue weighted by Crippen LogP contribution is 2.28. The van der Waals surface area contributed by atoms with Gasteiger partial charge in [0.2, 0.25) is 0 Å². The molecular weight excluding hydrogens is 272 g/mol. The third kappa shape index (κ3) is 2.64. The third-order valence-corrected chi connectivity index (χ3v) is 3.51. The molecule has 1 fully saturated rings. The molecule has 1 saturated heterocycles. The Kier molecular flexibility index (Phi) is 3.92. The number of esters is 1. The fourth-order valence-electron chi connectivity index (χ4n) is 2.48. The van der Waals surface area contributed by atoms with E-state index in [0.717, 1.165) is 25.0 Å². The van der Waals surface area contributed by atoms with Gasteiger partial charge in [-0.25, -0.2) is 9.48 Å². The molecule has 21 heavy (non-hydrogen) atoms. The number of carbonyl (C=O) groups excluding carboxylic acids is 1. The molecule has 0 radical (unpaired) electrons. The molecule has 1 atom stereocenters. The minimum Gasteiger partial charge on any atom is -0.464 e. The topological polar surface area (TPSA) is 79.1 Å². The molecular formula is C14H16N4O3. The van der Waals surface area contributed by atoms with Crippen molar-refractivity contribution >= 4 is 5.97 Å². The number of methoxy groups -OCH3 is 1. The molecule has 110 valence electrons. The van der Waals surface area contributed by atoms with Crippen LogP contribution >= 0.6 is 0 Å². The molecule has 7 heteroatoms. The molecule has 0 bridgehead atoms. The summed E-state index contributed by atoms with van der Waals surface area (Å²) in [4.78, 5) is 15.9. The first-order chi connectivity index (χ1) is 10.3. The van der Waals surface area contributed by atoms with Crippen LogP contribution in [0.4, 0.5) is 0 Å². The fraction of sp³-hybridized carbons (Fsp3) is 0.429. The number of hydrogen-bond donors (Lipinski definition) is 0. The Balaban J connectivity index is 2.08. The van der Waals surface area contributed by atoms with Crippen molar-refractivity contribution in [2.24, 2.45) is 0 Å². The molecule has 0 amide bonds. The number of carbonyl (C=O) groups is 1. The van der Waals surface area contributed by atoms with E-state index in [1.54, 1.807) is 17.1 Å². The Morgan fingerprint density at radius 2 is 2.24 bits per heavy atom. The highest BCUT2D eigenvalue weighted by molar-refractivity contribution is 5.94. The lowest BCUT2D eigenvalue weighted by Gasteiger charge is -2.23. The van der Waals surface area contributed by atoms with Crippen molar-refractivity contribution in [3.8, 4) is 11.3 Å². The highest BCUT2D eigenvalue weighted by Gasteiger charge is 2.27. The first-order valence-corrected chi connectivity index (χ1v) is 6.83. The number of rotatable bonds is 3. The van der Waals surface area contributed by atoms with E-state index in [4.69, 9.17) is 9.47 Å². The summed E-state index contributed by atoms with van der Waals surface area (Å²) in [5.41, 5.74) is 1.70. The molecule has 0 N–H and O–H groups in total. The Bertz CT molecular complexity index is 620. The average Bonchev–Trinajstić information content (AvgIpc) is 3.00. The molecule has 2 aromatic heterocycles. The Hall–Kier alpha value is -2.28. The van der Waals surface area contributed by atoms with Crippen LogP contribution in [0.25, 0.3) is 11.3 Å². The summed E-state index contributed by atoms with van der Waals surface area (Å²) in [5, 5.41) is 8.15. The van der Waals surface area contributed by atoms with Crippen molar-refractivity contribution in [3.63, 3.8) is 0 Å². The number of ether oxygens (including phenoxy) is 2. The van der Waals surface area contributed by atoms with Crippen molar-refractivity contribution < 1.29 is 14.3 Å². The largest absolute Gasteiger partial charge is 0.464 e. The van der Waals surface area contributed by atoms with Gasteiger partial charge in [0.25, 0.3) is 0 Å². The predicted octanol–water partition coefficient (Wildman–Crippen LogP) is 1.48. The molecule has 7 nitrogen and oxygen atoms in total. The van der Waals surface area contributed by atoms with Gasteiger partial charge in [-0.15, -0.1) is 5.10 Å². The minimum atomic E-state index is -0.496. The van der Waals surface area contributed by atoms with Gasteiger partial charge in [-0.05, 0) is 25.0 Å². The second kappa shape index (κ2) is 6.01. The zero-order valence-electron chi connectivity index (χ0n) is 11.7. The summed E-state index contributed by atoms with van der Waals surface area (Å²) in [6.45, 7) is 1.34. The first kappa shape index (κ1) is 13.7.